The fourth-order valence-electron chi connectivity index (χ4n) is 3.59. The highest BCUT2D eigenvalue weighted by Crippen LogP contribution is 2.26. The van der Waals surface area contributed by atoms with Crippen molar-refractivity contribution in [3.63, 3.8) is 0 Å². The highest BCUT2D eigenvalue weighted by molar-refractivity contribution is 7.89. The number of carbonyl (C=O) groups is 2. The summed E-state index contributed by atoms with van der Waals surface area (Å²) in [5.74, 6) is -0.176. The van der Waals surface area contributed by atoms with Gasteiger partial charge < -0.3 is 10.6 Å². The molecule has 1 aliphatic carbocycles. The molecule has 7 nitrogen and oxygen atoms in total. The first kappa shape index (κ1) is 23.0. The SMILES string of the molecule is O=C(NCCNS(=O)(=O)CCc1ccccc1)c1ccc(NC(=O)C2CCCC2)cc1. The number of sulfonamides is 1. The maximum atomic E-state index is 12.2. The molecule has 0 aliphatic heterocycles. The number of benzene rings is 2. The molecule has 2 amide bonds. The van der Waals surface area contributed by atoms with Crippen LogP contribution in [0, 0.1) is 5.92 Å². The number of carbonyl (C=O) groups excluding carboxylic acids is 2. The van der Waals surface area contributed by atoms with Crippen molar-refractivity contribution in [2.75, 3.05) is 24.2 Å². The molecule has 3 N–H and O–H groups in total. The van der Waals surface area contributed by atoms with E-state index in [1.807, 2.05) is 30.3 Å². The van der Waals surface area contributed by atoms with Gasteiger partial charge in [-0.15, -0.1) is 0 Å². The summed E-state index contributed by atoms with van der Waals surface area (Å²) in [7, 11) is -3.41. The largest absolute Gasteiger partial charge is 0.351 e. The molecule has 31 heavy (non-hydrogen) atoms. The van der Waals surface area contributed by atoms with Crippen molar-refractivity contribution in [3.05, 3.63) is 65.7 Å². The number of anilines is 1. The maximum Gasteiger partial charge on any atom is 0.251 e. The van der Waals surface area contributed by atoms with E-state index in [1.165, 1.54) is 0 Å². The summed E-state index contributed by atoms with van der Waals surface area (Å²) in [6.07, 6.45) is 4.50. The Morgan fingerprint density at radius 3 is 2.26 bits per heavy atom. The molecule has 166 valence electrons. The van der Waals surface area contributed by atoms with Crippen LogP contribution in [-0.4, -0.2) is 39.1 Å². The maximum absolute atomic E-state index is 12.2. The lowest BCUT2D eigenvalue weighted by Gasteiger charge is -2.11. The summed E-state index contributed by atoms with van der Waals surface area (Å²) in [6.45, 7) is 0.308. The molecule has 0 heterocycles. The first-order valence-corrected chi connectivity index (χ1v) is 12.3. The van der Waals surface area contributed by atoms with E-state index in [-0.39, 0.29) is 36.6 Å². The van der Waals surface area contributed by atoms with Gasteiger partial charge in [-0.3, -0.25) is 9.59 Å². The highest BCUT2D eigenvalue weighted by atomic mass is 32.2. The van der Waals surface area contributed by atoms with Crippen LogP contribution in [0.15, 0.2) is 54.6 Å². The van der Waals surface area contributed by atoms with Gasteiger partial charge in [-0.25, -0.2) is 13.1 Å². The first-order valence-electron chi connectivity index (χ1n) is 10.6. The molecular weight excluding hydrogens is 414 g/mol. The van der Waals surface area contributed by atoms with E-state index in [0.717, 1.165) is 31.2 Å². The number of amides is 2. The second kappa shape index (κ2) is 11.1. The average Bonchev–Trinajstić information content (AvgIpc) is 3.32. The molecule has 0 unspecified atom stereocenters. The number of nitrogens with one attached hydrogen (secondary N) is 3. The number of rotatable bonds is 10. The minimum absolute atomic E-state index is 0.000993. The highest BCUT2D eigenvalue weighted by Gasteiger charge is 2.22. The lowest BCUT2D eigenvalue weighted by atomic mass is 10.1. The predicted molar refractivity (Wildman–Crippen MR) is 121 cm³/mol. The monoisotopic (exact) mass is 443 g/mol. The molecule has 1 aliphatic rings. The molecule has 0 aromatic heterocycles. The van der Waals surface area contributed by atoms with Gasteiger partial charge in [0.2, 0.25) is 15.9 Å². The molecular formula is C23H29N3O4S. The average molecular weight is 444 g/mol. The van der Waals surface area contributed by atoms with Crippen molar-refractivity contribution in [2.45, 2.75) is 32.1 Å². The van der Waals surface area contributed by atoms with Gasteiger partial charge in [-0.05, 0) is 49.1 Å². The zero-order chi connectivity index (χ0) is 22.1. The molecule has 1 saturated carbocycles. The van der Waals surface area contributed by atoms with Gasteiger partial charge in [0.25, 0.3) is 5.91 Å². The van der Waals surface area contributed by atoms with Gasteiger partial charge in [0, 0.05) is 30.3 Å². The molecule has 3 rings (SSSR count). The molecule has 0 spiro atoms. The van der Waals surface area contributed by atoms with Crippen molar-refractivity contribution in [1.82, 2.24) is 10.0 Å². The lowest BCUT2D eigenvalue weighted by molar-refractivity contribution is -0.119. The van der Waals surface area contributed by atoms with Crippen LogP contribution in [0.2, 0.25) is 0 Å². The molecule has 8 heteroatoms. The second-order valence-electron chi connectivity index (χ2n) is 7.75. The van der Waals surface area contributed by atoms with Crippen LogP contribution in [0.1, 0.15) is 41.6 Å². The van der Waals surface area contributed by atoms with E-state index < -0.39 is 10.0 Å². The molecule has 0 bridgehead atoms. The number of aryl methyl sites for hydroxylation is 1. The third-order valence-corrected chi connectivity index (χ3v) is 6.76. The van der Waals surface area contributed by atoms with Gasteiger partial charge in [-0.1, -0.05) is 43.2 Å². The van der Waals surface area contributed by atoms with Gasteiger partial charge in [-0.2, -0.15) is 0 Å². The van der Waals surface area contributed by atoms with E-state index in [9.17, 15) is 18.0 Å². The van der Waals surface area contributed by atoms with Gasteiger partial charge in [0.05, 0.1) is 5.75 Å². The molecule has 2 aromatic rings. The Morgan fingerprint density at radius 1 is 0.903 bits per heavy atom. The summed E-state index contributed by atoms with van der Waals surface area (Å²) >= 11 is 0. The van der Waals surface area contributed by atoms with Crippen molar-refractivity contribution >= 4 is 27.5 Å². The molecule has 0 atom stereocenters. The third kappa shape index (κ3) is 7.48. The lowest BCUT2D eigenvalue weighted by Crippen LogP contribution is -2.36. The van der Waals surface area contributed by atoms with Gasteiger partial charge in [0.15, 0.2) is 0 Å². The van der Waals surface area contributed by atoms with E-state index in [0.29, 0.717) is 17.7 Å². The summed E-state index contributed by atoms with van der Waals surface area (Å²) < 4.78 is 26.7. The predicted octanol–water partition coefficient (Wildman–Crippen LogP) is 2.71. The van der Waals surface area contributed by atoms with E-state index >= 15 is 0 Å². The Bertz CT molecular complexity index is 970. The van der Waals surface area contributed by atoms with Crippen molar-refractivity contribution in [3.8, 4) is 0 Å². The van der Waals surface area contributed by atoms with Crippen molar-refractivity contribution < 1.29 is 18.0 Å². The first-order chi connectivity index (χ1) is 14.9. The van der Waals surface area contributed by atoms with Gasteiger partial charge in [0.1, 0.15) is 0 Å². The normalized spacial score (nSPS) is 14.3. The quantitative estimate of drug-likeness (QED) is 0.491. The van der Waals surface area contributed by atoms with Crippen LogP contribution >= 0.6 is 0 Å². The minimum Gasteiger partial charge on any atom is -0.351 e. The number of hydrogen-bond acceptors (Lipinski definition) is 4. The second-order valence-corrected chi connectivity index (χ2v) is 9.68. The van der Waals surface area contributed by atoms with Crippen LogP contribution in [0.5, 0.6) is 0 Å². The fourth-order valence-corrected chi connectivity index (χ4v) is 4.65. The Balaban J connectivity index is 1.37. The smallest absolute Gasteiger partial charge is 0.251 e. The van der Waals surface area contributed by atoms with Crippen LogP contribution in [0.3, 0.4) is 0 Å². The fraction of sp³-hybridized carbons (Fsp3) is 0.391. The van der Waals surface area contributed by atoms with E-state index in [2.05, 4.69) is 15.4 Å². The summed E-state index contributed by atoms with van der Waals surface area (Å²) in [4.78, 5) is 24.4. The Hall–Kier alpha value is -2.71. The molecule has 2 aromatic carbocycles. The van der Waals surface area contributed by atoms with Crippen LogP contribution in [-0.2, 0) is 21.2 Å². The van der Waals surface area contributed by atoms with Crippen molar-refractivity contribution in [1.29, 1.82) is 0 Å². The van der Waals surface area contributed by atoms with Crippen molar-refractivity contribution in [2.24, 2.45) is 5.92 Å². The third-order valence-electron chi connectivity index (χ3n) is 5.38. The topological polar surface area (TPSA) is 104 Å². The Kier molecular flexibility index (Phi) is 8.20. The Labute approximate surface area is 183 Å². The van der Waals surface area contributed by atoms with Gasteiger partial charge >= 0.3 is 0 Å². The zero-order valence-electron chi connectivity index (χ0n) is 17.5. The zero-order valence-corrected chi connectivity index (χ0v) is 18.3. The van der Waals surface area contributed by atoms with Crippen LogP contribution in [0.25, 0.3) is 0 Å². The summed E-state index contributed by atoms with van der Waals surface area (Å²) in [5.41, 5.74) is 2.08. The number of hydrogen-bond donors (Lipinski definition) is 3. The summed E-state index contributed by atoms with van der Waals surface area (Å²) in [5, 5.41) is 5.59. The van der Waals surface area contributed by atoms with E-state index in [1.54, 1.807) is 24.3 Å². The van der Waals surface area contributed by atoms with Crippen LogP contribution < -0.4 is 15.4 Å². The Morgan fingerprint density at radius 2 is 1.58 bits per heavy atom. The molecule has 0 saturated heterocycles. The van der Waals surface area contributed by atoms with Crippen LogP contribution in [0.4, 0.5) is 5.69 Å². The minimum atomic E-state index is -3.41. The molecule has 0 radical (unpaired) electrons. The summed E-state index contributed by atoms with van der Waals surface area (Å²) in [6, 6.07) is 16.1. The molecule has 1 fully saturated rings. The standard InChI is InChI=1S/C23H29N3O4S/c27-22(20-10-12-21(13-11-20)26-23(28)19-8-4-5-9-19)24-15-16-25-31(29,30)17-14-18-6-2-1-3-7-18/h1-3,6-7,10-13,19,25H,4-5,8-9,14-17H2,(H,24,27)(H,26,28). The van der Waals surface area contributed by atoms with E-state index in [4.69, 9.17) is 0 Å².